The lowest BCUT2D eigenvalue weighted by Crippen LogP contribution is -2.29. The first kappa shape index (κ1) is 15.3. The van der Waals surface area contributed by atoms with Crippen LogP contribution in [0.15, 0.2) is 29.2 Å². The summed E-state index contributed by atoms with van der Waals surface area (Å²) in [5.74, 6) is 0.674. The van der Waals surface area contributed by atoms with Gasteiger partial charge in [0.05, 0.1) is 4.90 Å². The van der Waals surface area contributed by atoms with Crippen molar-refractivity contribution in [2.75, 3.05) is 26.7 Å². The Morgan fingerprint density at radius 3 is 2.45 bits per heavy atom. The van der Waals surface area contributed by atoms with Crippen molar-refractivity contribution in [3.05, 3.63) is 24.3 Å². The third-order valence-corrected chi connectivity index (χ3v) is 4.96. The fourth-order valence-electron chi connectivity index (χ4n) is 1.73. The SMILES string of the molecule is CNCCOc1ccc(S(=O)(=O)NCC2(C)CC2)cc1. The van der Waals surface area contributed by atoms with Gasteiger partial charge in [-0.2, -0.15) is 0 Å². The number of ether oxygens (including phenoxy) is 1. The Hall–Kier alpha value is -1.11. The van der Waals surface area contributed by atoms with E-state index in [1.54, 1.807) is 24.3 Å². The number of rotatable bonds is 8. The van der Waals surface area contributed by atoms with E-state index in [0.29, 0.717) is 18.9 Å². The summed E-state index contributed by atoms with van der Waals surface area (Å²) >= 11 is 0. The van der Waals surface area contributed by atoms with Crippen LogP contribution >= 0.6 is 0 Å². The number of hydrogen-bond acceptors (Lipinski definition) is 4. The Morgan fingerprint density at radius 2 is 1.90 bits per heavy atom. The van der Waals surface area contributed by atoms with Crippen LogP contribution in [0.4, 0.5) is 0 Å². The molecule has 1 aromatic carbocycles. The molecule has 6 heteroatoms. The Kier molecular flexibility index (Phi) is 4.67. The molecule has 2 rings (SSSR count). The molecular formula is C14H22N2O3S. The minimum absolute atomic E-state index is 0.156. The predicted molar refractivity (Wildman–Crippen MR) is 78.4 cm³/mol. The molecule has 1 aliphatic rings. The van der Waals surface area contributed by atoms with E-state index in [1.165, 1.54) is 0 Å². The van der Waals surface area contributed by atoms with Crippen LogP contribution < -0.4 is 14.8 Å². The fourth-order valence-corrected chi connectivity index (χ4v) is 2.93. The van der Waals surface area contributed by atoms with E-state index < -0.39 is 10.0 Å². The van der Waals surface area contributed by atoms with E-state index in [9.17, 15) is 8.42 Å². The zero-order valence-electron chi connectivity index (χ0n) is 12.0. The molecule has 0 bridgehead atoms. The van der Waals surface area contributed by atoms with E-state index in [-0.39, 0.29) is 10.3 Å². The zero-order chi connectivity index (χ0) is 14.6. The fraction of sp³-hybridized carbons (Fsp3) is 0.571. The average molecular weight is 298 g/mol. The maximum absolute atomic E-state index is 12.1. The van der Waals surface area contributed by atoms with Gasteiger partial charge in [0, 0.05) is 13.1 Å². The highest BCUT2D eigenvalue weighted by Gasteiger charge is 2.38. The second-order valence-corrected chi connectivity index (χ2v) is 7.33. The number of benzene rings is 1. The van der Waals surface area contributed by atoms with E-state index >= 15 is 0 Å². The lowest BCUT2D eigenvalue weighted by Gasteiger charge is -2.11. The second kappa shape index (κ2) is 6.11. The topological polar surface area (TPSA) is 67.4 Å². The van der Waals surface area contributed by atoms with Crippen LogP contribution in [0.3, 0.4) is 0 Å². The summed E-state index contributed by atoms with van der Waals surface area (Å²) in [6, 6.07) is 6.52. The van der Waals surface area contributed by atoms with Crippen molar-refractivity contribution in [2.45, 2.75) is 24.7 Å². The van der Waals surface area contributed by atoms with Crippen LogP contribution in [-0.4, -0.2) is 35.2 Å². The standard InChI is InChI=1S/C14H22N2O3S/c1-14(7-8-14)11-16-20(17,18)13-5-3-12(4-6-13)19-10-9-15-2/h3-6,15-16H,7-11H2,1-2H3. The van der Waals surface area contributed by atoms with Gasteiger partial charge in [-0.05, 0) is 49.6 Å². The third kappa shape index (κ3) is 4.19. The normalized spacial score (nSPS) is 16.9. The summed E-state index contributed by atoms with van der Waals surface area (Å²) in [4.78, 5) is 0.280. The Balaban J connectivity index is 1.93. The zero-order valence-corrected chi connectivity index (χ0v) is 12.8. The molecule has 0 radical (unpaired) electrons. The van der Waals surface area contributed by atoms with Crippen LogP contribution in [0.25, 0.3) is 0 Å². The molecule has 2 N–H and O–H groups in total. The van der Waals surface area contributed by atoms with Gasteiger partial charge >= 0.3 is 0 Å². The van der Waals surface area contributed by atoms with E-state index in [2.05, 4.69) is 17.0 Å². The van der Waals surface area contributed by atoms with Gasteiger partial charge in [-0.25, -0.2) is 13.1 Å². The van der Waals surface area contributed by atoms with Crippen LogP contribution in [0, 0.1) is 5.41 Å². The van der Waals surface area contributed by atoms with Crippen molar-refractivity contribution in [3.63, 3.8) is 0 Å². The molecule has 1 saturated carbocycles. The van der Waals surface area contributed by atoms with Gasteiger partial charge < -0.3 is 10.1 Å². The number of hydrogen-bond donors (Lipinski definition) is 2. The largest absolute Gasteiger partial charge is 0.492 e. The third-order valence-electron chi connectivity index (χ3n) is 3.55. The lowest BCUT2D eigenvalue weighted by atomic mass is 10.2. The monoisotopic (exact) mass is 298 g/mol. The second-order valence-electron chi connectivity index (χ2n) is 5.56. The molecule has 0 aromatic heterocycles. The first-order valence-corrected chi connectivity index (χ1v) is 8.31. The highest BCUT2D eigenvalue weighted by molar-refractivity contribution is 7.89. The quantitative estimate of drug-likeness (QED) is 0.711. The van der Waals surface area contributed by atoms with Gasteiger partial charge in [0.25, 0.3) is 0 Å². The molecule has 0 heterocycles. The highest BCUT2D eigenvalue weighted by atomic mass is 32.2. The molecular weight excluding hydrogens is 276 g/mol. The van der Waals surface area contributed by atoms with Gasteiger partial charge in [0.2, 0.25) is 10.0 Å². The van der Waals surface area contributed by atoms with Crippen molar-refractivity contribution < 1.29 is 13.2 Å². The van der Waals surface area contributed by atoms with Crippen molar-refractivity contribution >= 4 is 10.0 Å². The first-order chi connectivity index (χ1) is 9.45. The van der Waals surface area contributed by atoms with Gasteiger partial charge in [-0.3, -0.25) is 0 Å². The van der Waals surface area contributed by atoms with Crippen molar-refractivity contribution in [1.82, 2.24) is 10.0 Å². The summed E-state index contributed by atoms with van der Waals surface area (Å²) < 4.78 is 32.4. The lowest BCUT2D eigenvalue weighted by molar-refractivity contribution is 0.318. The predicted octanol–water partition coefficient (Wildman–Crippen LogP) is 1.36. The molecule has 1 fully saturated rings. The number of nitrogens with one attached hydrogen (secondary N) is 2. The molecule has 0 atom stereocenters. The molecule has 112 valence electrons. The van der Waals surface area contributed by atoms with Crippen molar-refractivity contribution in [3.8, 4) is 5.75 Å². The van der Waals surface area contributed by atoms with Gasteiger partial charge in [-0.15, -0.1) is 0 Å². The molecule has 0 unspecified atom stereocenters. The van der Waals surface area contributed by atoms with Gasteiger partial charge in [-0.1, -0.05) is 6.92 Å². The first-order valence-electron chi connectivity index (χ1n) is 6.82. The molecule has 0 spiro atoms. The van der Waals surface area contributed by atoms with Crippen LogP contribution in [0.1, 0.15) is 19.8 Å². The van der Waals surface area contributed by atoms with Crippen LogP contribution in [-0.2, 0) is 10.0 Å². The maximum atomic E-state index is 12.1. The Bertz CT molecular complexity index is 536. The minimum Gasteiger partial charge on any atom is -0.492 e. The van der Waals surface area contributed by atoms with Gasteiger partial charge in [0.1, 0.15) is 12.4 Å². The highest BCUT2D eigenvalue weighted by Crippen LogP contribution is 2.44. The Labute approximate surface area is 120 Å². The van der Waals surface area contributed by atoms with Crippen LogP contribution in [0.2, 0.25) is 0 Å². The summed E-state index contributed by atoms with van der Waals surface area (Å²) in [6.07, 6.45) is 2.18. The molecule has 0 amide bonds. The molecule has 1 aliphatic carbocycles. The molecule has 5 nitrogen and oxygen atoms in total. The number of sulfonamides is 1. The van der Waals surface area contributed by atoms with E-state index in [4.69, 9.17) is 4.74 Å². The number of likely N-dealkylation sites (N-methyl/N-ethyl adjacent to an activating group) is 1. The summed E-state index contributed by atoms with van der Waals surface area (Å²) in [7, 11) is -1.56. The van der Waals surface area contributed by atoms with Crippen molar-refractivity contribution in [1.29, 1.82) is 0 Å². The molecule has 0 aliphatic heterocycles. The molecule has 1 aromatic rings. The minimum atomic E-state index is -3.41. The Morgan fingerprint density at radius 1 is 1.25 bits per heavy atom. The summed E-state index contributed by atoms with van der Waals surface area (Å²) in [6.45, 7) is 3.91. The van der Waals surface area contributed by atoms with Gasteiger partial charge in [0.15, 0.2) is 0 Å². The molecule has 20 heavy (non-hydrogen) atoms. The summed E-state index contributed by atoms with van der Waals surface area (Å²) in [5.41, 5.74) is 0.156. The van der Waals surface area contributed by atoms with Crippen LogP contribution in [0.5, 0.6) is 5.75 Å². The smallest absolute Gasteiger partial charge is 0.240 e. The van der Waals surface area contributed by atoms with Crippen molar-refractivity contribution in [2.24, 2.45) is 5.41 Å². The maximum Gasteiger partial charge on any atom is 0.240 e. The summed E-state index contributed by atoms with van der Waals surface area (Å²) in [5, 5.41) is 2.98. The van der Waals surface area contributed by atoms with E-state index in [1.807, 2.05) is 7.05 Å². The van der Waals surface area contributed by atoms with E-state index in [0.717, 1.165) is 19.4 Å². The average Bonchev–Trinajstić information content (AvgIpc) is 3.16. The molecule has 0 saturated heterocycles.